The van der Waals surface area contributed by atoms with Gasteiger partial charge in [-0.25, -0.2) is 0 Å². The Morgan fingerprint density at radius 3 is 2.92 bits per heavy atom. The van der Waals surface area contributed by atoms with Gasteiger partial charge < -0.3 is 9.80 Å². The molecule has 3 heterocycles. The van der Waals surface area contributed by atoms with Gasteiger partial charge in [0.05, 0.1) is 12.0 Å². The first-order chi connectivity index (χ1) is 12.1. The first kappa shape index (κ1) is 16.6. The minimum absolute atomic E-state index is 0.00750. The summed E-state index contributed by atoms with van der Waals surface area (Å²) in [5.74, 6) is -0.177. The molecule has 2 fully saturated rings. The van der Waals surface area contributed by atoms with E-state index < -0.39 is 0 Å². The lowest BCUT2D eigenvalue weighted by Crippen LogP contribution is -2.37. The molecule has 130 valence electrons. The van der Waals surface area contributed by atoms with Gasteiger partial charge in [0, 0.05) is 30.2 Å². The molecule has 2 atom stereocenters. The Morgan fingerprint density at radius 2 is 2.16 bits per heavy atom. The molecule has 4 rings (SSSR count). The number of hydrogen-bond acceptors (Lipinski definition) is 3. The fraction of sp³-hybridized carbons (Fsp3) is 0.368. The third-order valence-electron chi connectivity index (χ3n) is 5.06. The van der Waals surface area contributed by atoms with Crippen LogP contribution in [0, 0.1) is 5.92 Å². The number of nitrogens with zero attached hydrogens (tertiary/aromatic N) is 2. The lowest BCUT2D eigenvalue weighted by molar-refractivity contribution is -0.136. The molecule has 4 nitrogen and oxygen atoms in total. The second-order valence-corrected chi connectivity index (χ2v) is 7.85. The summed E-state index contributed by atoms with van der Waals surface area (Å²) in [6, 6.07) is 9.50. The van der Waals surface area contributed by atoms with Crippen molar-refractivity contribution in [2.24, 2.45) is 5.92 Å². The molecule has 0 bridgehead atoms. The second kappa shape index (κ2) is 6.81. The Balaban J connectivity index is 1.51. The van der Waals surface area contributed by atoms with Crippen molar-refractivity contribution in [1.29, 1.82) is 0 Å². The molecule has 0 N–H and O–H groups in total. The van der Waals surface area contributed by atoms with Crippen molar-refractivity contribution < 1.29 is 9.59 Å². The van der Waals surface area contributed by atoms with E-state index in [1.807, 2.05) is 17.0 Å². The number of anilines is 1. The molecule has 0 saturated carbocycles. The highest BCUT2D eigenvalue weighted by molar-refractivity contribution is 7.08. The molecule has 6 heteroatoms. The van der Waals surface area contributed by atoms with Gasteiger partial charge in [0.2, 0.25) is 11.8 Å². The lowest BCUT2D eigenvalue weighted by atomic mass is 10.0. The van der Waals surface area contributed by atoms with Crippen LogP contribution in [-0.2, 0) is 9.59 Å². The number of rotatable bonds is 3. The van der Waals surface area contributed by atoms with Crippen LogP contribution in [0.2, 0.25) is 5.02 Å². The molecule has 1 aromatic heterocycles. The average molecular weight is 375 g/mol. The van der Waals surface area contributed by atoms with Gasteiger partial charge in [-0.1, -0.05) is 17.7 Å². The minimum Gasteiger partial charge on any atom is -0.335 e. The molecular formula is C19H19ClN2O2S. The number of likely N-dealkylation sites (tertiary alicyclic amines) is 1. The number of carbonyl (C=O) groups is 2. The fourth-order valence-electron chi connectivity index (χ4n) is 3.84. The quantitative estimate of drug-likeness (QED) is 0.810. The van der Waals surface area contributed by atoms with E-state index in [0.29, 0.717) is 11.6 Å². The van der Waals surface area contributed by atoms with E-state index >= 15 is 0 Å². The van der Waals surface area contributed by atoms with Crippen molar-refractivity contribution in [2.45, 2.75) is 25.3 Å². The van der Waals surface area contributed by atoms with Crippen LogP contribution >= 0.6 is 22.9 Å². The van der Waals surface area contributed by atoms with Crippen LogP contribution in [0.3, 0.4) is 0 Å². The van der Waals surface area contributed by atoms with Gasteiger partial charge in [-0.3, -0.25) is 9.59 Å². The fourth-order valence-corrected chi connectivity index (χ4v) is 4.73. The van der Waals surface area contributed by atoms with E-state index in [1.54, 1.807) is 28.4 Å². The van der Waals surface area contributed by atoms with Crippen molar-refractivity contribution in [2.75, 3.05) is 18.0 Å². The van der Waals surface area contributed by atoms with Gasteiger partial charge >= 0.3 is 0 Å². The second-order valence-electron chi connectivity index (χ2n) is 6.63. The van der Waals surface area contributed by atoms with E-state index in [4.69, 9.17) is 11.6 Å². The molecule has 0 radical (unpaired) electrons. The summed E-state index contributed by atoms with van der Waals surface area (Å²) >= 11 is 7.70. The predicted molar refractivity (Wildman–Crippen MR) is 99.9 cm³/mol. The van der Waals surface area contributed by atoms with Gasteiger partial charge in [-0.15, -0.1) is 0 Å². The highest BCUT2D eigenvalue weighted by atomic mass is 35.5. The van der Waals surface area contributed by atoms with Gasteiger partial charge in [0.1, 0.15) is 0 Å². The molecular weight excluding hydrogens is 356 g/mol. The highest BCUT2D eigenvalue weighted by Crippen LogP contribution is 2.36. The predicted octanol–water partition coefficient (Wildman–Crippen LogP) is 4.12. The minimum atomic E-state index is -0.272. The SMILES string of the molecule is O=C1CC(C(=O)N2CCCC2c2ccsc2)CN1c1cccc(Cl)c1. The normalized spacial score (nSPS) is 23.5. The maximum absolute atomic E-state index is 13.1. The van der Waals surface area contributed by atoms with Crippen molar-refractivity contribution >= 4 is 40.4 Å². The highest BCUT2D eigenvalue weighted by Gasteiger charge is 2.40. The Bertz CT molecular complexity index is 792. The number of carbonyl (C=O) groups excluding carboxylic acids is 2. The number of hydrogen-bond donors (Lipinski definition) is 0. The summed E-state index contributed by atoms with van der Waals surface area (Å²) in [4.78, 5) is 29.2. The zero-order valence-corrected chi connectivity index (χ0v) is 15.3. The molecule has 0 spiro atoms. The maximum atomic E-state index is 13.1. The summed E-state index contributed by atoms with van der Waals surface area (Å²) in [5, 5.41) is 4.77. The molecule has 1 aromatic carbocycles. The monoisotopic (exact) mass is 374 g/mol. The van der Waals surface area contributed by atoms with Gasteiger partial charge in [0.15, 0.2) is 0 Å². The summed E-state index contributed by atoms with van der Waals surface area (Å²) < 4.78 is 0. The Hall–Kier alpha value is -1.85. The van der Waals surface area contributed by atoms with Gasteiger partial charge in [0.25, 0.3) is 0 Å². The van der Waals surface area contributed by atoms with Gasteiger partial charge in [-0.2, -0.15) is 11.3 Å². The average Bonchev–Trinajstić information content (AvgIpc) is 3.34. The van der Waals surface area contributed by atoms with Crippen molar-refractivity contribution in [3.05, 3.63) is 51.7 Å². The summed E-state index contributed by atoms with van der Waals surface area (Å²) in [6.45, 7) is 1.21. The molecule has 2 aliphatic heterocycles. The van der Waals surface area contributed by atoms with Crippen LogP contribution in [0.4, 0.5) is 5.69 Å². The lowest BCUT2D eigenvalue weighted by Gasteiger charge is -2.27. The largest absolute Gasteiger partial charge is 0.335 e. The Morgan fingerprint density at radius 1 is 1.28 bits per heavy atom. The number of amides is 2. The molecule has 0 aliphatic carbocycles. The summed E-state index contributed by atoms with van der Waals surface area (Å²) in [5.41, 5.74) is 1.98. The molecule has 25 heavy (non-hydrogen) atoms. The maximum Gasteiger partial charge on any atom is 0.228 e. The van der Waals surface area contributed by atoms with Crippen molar-refractivity contribution in [3.63, 3.8) is 0 Å². The van der Waals surface area contributed by atoms with E-state index in [2.05, 4.69) is 16.8 Å². The van der Waals surface area contributed by atoms with Crippen LogP contribution in [0.25, 0.3) is 0 Å². The first-order valence-corrected chi connectivity index (χ1v) is 9.84. The number of benzene rings is 1. The zero-order valence-electron chi connectivity index (χ0n) is 13.7. The van der Waals surface area contributed by atoms with E-state index in [-0.39, 0.29) is 30.2 Å². The summed E-state index contributed by atoms with van der Waals surface area (Å²) in [7, 11) is 0. The Kier molecular flexibility index (Phi) is 4.52. The van der Waals surface area contributed by atoms with Crippen LogP contribution in [0.15, 0.2) is 41.1 Å². The zero-order chi connectivity index (χ0) is 17.4. The van der Waals surface area contributed by atoms with Crippen molar-refractivity contribution in [1.82, 2.24) is 4.90 Å². The molecule has 2 aromatic rings. The molecule has 2 amide bonds. The van der Waals surface area contributed by atoms with Crippen molar-refractivity contribution in [3.8, 4) is 0 Å². The van der Waals surface area contributed by atoms with E-state index in [1.165, 1.54) is 5.56 Å². The Labute approximate surface area is 156 Å². The first-order valence-electron chi connectivity index (χ1n) is 8.52. The standard InChI is InChI=1S/C19H19ClN2O2S/c20-15-3-1-4-16(10-15)22-11-14(9-18(22)23)19(24)21-7-2-5-17(21)13-6-8-25-12-13/h1,3-4,6,8,10,12,14,17H,2,5,7,9,11H2. The molecule has 2 aliphatic rings. The van der Waals surface area contributed by atoms with E-state index in [9.17, 15) is 9.59 Å². The van der Waals surface area contributed by atoms with Crippen LogP contribution < -0.4 is 4.90 Å². The topological polar surface area (TPSA) is 40.6 Å². The van der Waals surface area contributed by atoms with Crippen LogP contribution in [0.5, 0.6) is 0 Å². The summed E-state index contributed by atoms with van der Waals surface area (Å²) in [6.07, 6.45) is 2.30. The smallest absolute Gasteiger partial charge is 0.228 e. The third-order valence-corrected chi connectivity index (χ3v) is 5.99. The van der Waals surface area contributed by atoms with Gasteiger partial charge in [-0.05, 0) is 53.4 Å². The van der Waals surface area contributed by atoms with E-state index in [0.717, 1.165) is 25.1 Å². The third kappa shape index (κ3) is 3.18. The number of thiophene rings is 1. The molecule has 2 saturated heterocycles. The number of halogens is 1. The molecule has 2 unspecified atom stereocenters. The van der Waals surface area contributed by atoms with Crippen LogP contribution in [-0.4, -0.2) is 29.8 Å². The van der Waals surface area contributed by atoms with Crippen LogP contribution in [0.1, 0.15) is 30.9 Å².